The maximum atomic E-state index is 12.3. The fourth-order valence-corrected chi connectivity index (χ4v) is 2.66. The van der Waals surface area contributed by atoms with E-state index < -0.39 is 10.8 Å². The van der Waals surface area contributed by atoms with Crippen LogP contribution in [0.5, 0.6) is 0 Å². The van der Waals surface area contributed by atoms with Crippen LogP contribution in [0.1, 0.15) is 10.4 Å². The standard InChI is InChI=1S/C17H19N7O4/c1-28-9-7-18-15-13-10-22-23(16(13)21-11-20-15)8-6-19-17(25)12-4-2-3-5-14(12)24(26)27/h2-5,10-11H,6-9H2,1H3,(H,19,25)(H,18,20,21). The molecule has 0 radical (unpaired) electrons. The Bertz CT molecular complexity index is 989. The van der Waals surface area contributed by atoms with Gasteiger partial charge in [-0.2, -0.15) is 5.10 Å². The van der Waals surface area contributed by atoms with Crippen molar-refractivity contribution in [2.45, 2.75) is 6.54 Å². The Labute approximate surface area is 159 Å². The molecule has 0 aliphatic heterocycles. The van der Waals surface area contributed by atoms with Crippen LogP contribution in [0.25, 0.3) is 11.0 Å². The first kappa shape index (κ1) is 19.2. The highest BCUT2D eigenvalue weighted by atomic mass is 16.6. The number of carbonyl (C=O) groups excluding carboxylic acids is 1. The molecule has 2 aromatic heterocycles. The Balaban J connectivity index is 1.65. The minimum absolute atomic E-state index is 0.0183. The van der Waals surface area contributed by atoms with Gasteiger partial charge in [-0.15, -0.1) is 0 Å². The van der Waals surface area contributed by atoms with E-state index in [-0.39, 0.29) is 17.8 Å². The molecule has 1 aromatic carbocycles. The number of hydrogen-bond donors (Lipinski definition) is 2. The molecule has 0 spiro atoms. The van der Waals surface area contributed by atoms with Gasteiger partial charge in [-0.3, -0.25) is 14.9 Å². The molecular weight excluding hydrogens is 366 g/mol. The van der Waals surface area contributed by atoms with Gasteiger partial charge in [0.15, 0.2) is 5.65 Å². The number of nitro benzene ring substituents is 1. The Hall–Kier alpha value is -3.60. The highest BCUT2D eigenvalue weighted by Gasteiger charge is 2.18. The fourth-order valence-electron chi connectivity index (χ4n) is 2.66. The van der Waals surface area contributed by atoms with E-state index in [1.165, 1.54) is 24.5 Å². The van der Waals surface area contributed by atoms with Gasteiger partial charge in [0.2, 0.25) is 0 Å². The van der Waals surface area contributed by atoms with Crippen molar-refractivity contribution in [3.63, 3.8) is 0 Å². The maximum Gasteiger partial charge on any atom is 0.282 e. The quantitative estimate of drug-likeness (QED) is 0.319. The molecule has 0 aliphatic carbocycles. The summed E-state index contributed by atoms with van der Waals surface area (Å²) in [6, 6.07) is 5.81. The number of anilines is 1. The molecule has 3 rings (SSSR count). The lowest BCUT2D eigenvalue weighted by atomic mass is 10.1. The third-order valence-electron chi connectivity index (χ3n) is 3.99. The summed E-state index contributed by atoms with van der Waals surface area (Å²) in [4.78, 5) is 31.2. The first-order valence-corrected chi connectivity index (χ1v) is 8.52. The molecule has 2 N–H and O–H groups in total. The minimum Gasteiger partial charge on any atom is -0.383 e. The van der Waals surface area contributed by atoms with Crippen molar-refractivity contribution in [1.82, 2.24) is 25.1 Å². The molecular formula is C17H19N7O4. The Kier molecular flexibility index (Phi) is 6.07. The smallest absolute Gasteiger partial charge is 0.282 e. The van der Waals surface area contributed by atoms with Gasteiger partial charge in [-0.1, -0.05) is 12.1 Å². The molecule has 0 aliphatic rings. The van der Waals surface area contributed by atoms with E-state index >= 15 is 0 Å². The van der Waals surface area contributed by atoms with E-state index in [2.05, 4.69) is 25.7 Å². The fraction of sp³-hybridized carbons (Fsp3) is 0.294. The van der Waals surface area contributed by atoms with Crippen LogP contribution in [0, 0.1) is 10.1 Å². The molecule has 11 nitrogen and oxygen atoms in total. The number of ether oxygens (including phenoxy) is 1. The largest absolute Gasteiger partial charge is 0.383 e. The summed E-state index contributed by atoms with van der Waals surface area (Å²) in [7, 11) is 1.62. The van der Waals surface area contributed by atoms with Gasteiger partial charge >= 0.3 is 0 Å². The van der Waals surface area contributed by atoms with Crippen LogP contribution in [0.3, 0.4) is 0 Å². The molecule has 2 heterocycles. The van der Waals surface area contributed by atoms with Gasteiger partial charge < -0.3 is 15.4 Å². The molecule has 0 bridgehead atoms. The average molecular weight is 385 g/mol. The Morgan fingerprint density at radius 1 is 1.29 bits per heavy atom. The summed E-state index contributed by atoms with van der Waals surface area (Å²) < 4.78 is 6.64. The number of nitro groups is 1. The second kappa shape index (κ2) is 8.86. The summed E-state index contributed by atoms with van der Waals surface area (Å²) in [5.41, 5.74) is 0.406. The molecule has 11 heteroatoms. The number of hydrogen-bond acceptors (Lipinski definition) is 8. The van der Waals surface area contributed by atoms with Crippen LogP contribution >= 0.6 is 0 Å². The van der Waals surface area contributed by atoms with E-state index in [0.717, 1.165) is 5.39 Å². The van der Waals surface area contributed by atoms with Crippen molar-refractivity contribution < 1.29 is 14.5 Å². The number of nitrogens with zero attached hydrogens (tertiary/aromatic N) is 5. The zero-order chi connectivity index (χ0) is 19.9. The first-order chi connectivity index (χ1) is 13.6. The number of aromatic nitrogens is 4. The van der Waals surface area contributed by atoms with Crippen LogP contribution in [0.2, 0.25) is 0 Å². The topological polar surface area (TPSA) is 137 Å². The van der Waals surface area contributed by atoms with Gasteiger partial charge in [0.25, 0.3) is 11.6 Å². The van der Waals surface area contributed by atoms with E-state index in [4.69, 9.17) is 4.74 Å². The van der Waals surface area contributed by atoms with Crippen LogP contribution in [0.4, 0.5) is 11.5 Å². The summed E-state index contributed by atoms with van der Waals surface area (Å²) in [6.07, 6.45) is 3.08. The zero-order valence-corrected chi connectivity index (χ0v) is 15.2. The predicted octanol–water partition coefficient (Wildman–Crippen LogP) is 1.22. The van der Waals surface area contributed by atoms with Gasteiger partial charge in [-0.25, -0.2) is 14.6 Å². The van der Waals surface area contributed by atoms with Crippen LogP contribution in [-0.4, -0.2) is 57.4 Å². The number of fused-ring (bicyclic) bond motifs is 1. The molecule has 0 saturated carbocycles. The summed E-state index contributed by atoms with van der Waals surface area (Å²) in [5, 5.41) is 21.9. The SMILES string of the molecule is COCCNc1ncnc2c1cnn2CCNC(=O)c1ccccc1[N+](=O)[O-]. The number of amides is 1. The number of nitrogens with one attached hydrogen (secondary N) is 2. The van der Waals surface area contributed by atoms with Crippen molar-refractivity contribution >= 4 is 28.4 Å². The summed E-state index contributed by atoms with van der Waals surface area (Å²) in [5.74, 6) is 0.137. The normalized spacial score (nSPS) is 10.8. The average Bonchev–Trinajstić information content (AvgIpc) is 3.12. The van der Waals surface area contributed by atoms with E-state index in [0.29, 0.717) is 31.2 Å². The number of benzene rings is 1. The van der Waals surface area contributed by atoms with Crippen LogP contribution in [-0.2, 0) is 11.3 Å². The second-order valence-corrected chi connectivity index (χ2v) is 5.78. The molecule has 0 fully saturated rings. The van der Waals surface area contributed by atoms with Crippen molar-refractivity contribution in [1.29, 1.82) is 0 Å². The highest BCUT2D eigenvalue weighted by Crippen LogP contribution is 2.19. The van der Waals surface area contributed by atoms with Gasteiger partial charge in [0, 0.05) is 26.3 Å². The monoisotopic (exact) mass is 385 g/mol. The number of para-hydroxylation sites is 1. The van der Waals surface area contributed by atoms with Crippen molar-refractivity contribution in [2.24, 2.45) is 0 Å². The molecule has 1 amide bonds. The van der Waals surface area contributed by atoms with E-state index in [9.17, 15) is 14.9 Å². The summed E-state index contributed by atoms with van der Waals surface area (Å²) in [6.45, 7) is 1.72. The number of rotatable bonds is 9. The summed E-state index contributed by atoms with van der Waals surface area (Å²) >= 11 is 0. The third kappa shape index (κ3) is 4.20. The minimum atomic E-state index is -0.578. The highest BCUT2D eigenvalue weighted by molar-refractivity contribution is 5.98. The lowest BCUT2D eigenvalue weighted by Gasteiger charge is -2.08. The van der Waals surface area contributed by atoms with E-state index in [1.807, 2.05) is 0 Å². The lowest BCUT2D eigenvalue weighted by Crippen LogP contribution is -2.28. The van der Waals surface area contributed by atoms with Crippen LogP contribution < -0.4 is 10.6 Å². The first-order valence-electron chi connectivity index (χ1n) is 8.52. The molecule has 0 atom stereocenters. The Morgan fingerprint density at radius 3 is 2.89 bits per heavy atom. The van der Waals surface area contributed by atoms with Crippen LogP contribution in [0.15, 0.2) is 36.8 Å². The van der Waals surface area contributed by atoms with Gasteiger partial charge in [0.05, 0.1) is 29.7 Å². The Morgan fingerprint density at radius 2 is 2.11 bits per heavy atom. The van der Waals surface area contributed by atoms with E-state index in [1.54, 1.807) is 24.1 Å². The van der Waals surface area contributed by atoms with Gasteiger partial charge in [-0.05, 0) is 6.07 Å². The molecule has 0 unspecified atom stereocenters. The molecule has 3 aromatic rings. The number of carbonyl (C=O) groups is 1. The maximum absolute atomic E-state index is 12.3. The van der Waals surface area contributed by atoms with Crippen molar-refractivity contribution in [2.75, 3.05) is 32.1 Å². The molecule has 28 heavy (non-hydrogen) atoms. The lowest BCUT2D eigenvalue weighted by molar-refractivity contribution is -0.385. The zero-order valence-electron chi connectivity index (χ0n) is 15.2. The predicted molar refractivity (Wildman–Crippen MR) is 101 cm³/mol. The second-order valence-electron chi connectivity index (χ2n) is 5.78. The van der Waals surface area contributed by atoms with Crippen molar-refractivity contribution in [3.05, 3.63) is 52.5 Å². The third-order valence-corrected chi connectivity index (χ3v) is 3.99. The number of methoxy groups -OCH3 is 1. The molecule has 0 saturated heterocycles. The molecule has 146 valence electrons. The van der Waals surface area contributed by atoms with Gasteiger partial charge in [0.1, 0.15) is 17.7 Å². The van der Waals surface area contributed by atoms with Crippen molar-refractivity contribution in [3.8, 4) is 0 Å².